The first kappa shape index (κ1) is 21.9. The summed E-state index contributed by atoms with van der Waals surface area (Å²) in [6.45, 7) is 8.48. The molecule has 0 atom stereocenters. The quantitative estimate of drug-likeness (QED) is 0.361. The van der Waals surface area contributed by atoms with Crippen LogP contribution in [-0.2, 0) is 14.2 Å². The number of amides is 2. The lowest BCUT2D eigenvalue weighted by molar-refractivity contribution is 0.0559. The minimum Gasteiger partial charge on any atom is -0.465 e. The van der Waals surface area contributed by atoms with Crippen molar-refractivity contribution in [2.75, 3.05) is 7.11 Å². The fourth-order valence-electron chi connectivity index (χ4n) is 1.75. The van der Waals surface area contributed by atoms with Gasteiger partial charge in [-0.25, -0.2) is 19.4 Å². The zero-order valence-electron chi connectivity index (χ0n) is 16.3. The van der Waals surface area contributed by atoms with Gasteiger partial charge in [-0.05, 0) is 58.9 Å². The van der Waals surface area contributed by atoms with Gasteiger partial charge < -0.3 is 14.2 Å². The van der Waals surface area contributed by atoms with Crippen LogP contribution in [0.1, 0.15) is 45.0 Å². The van der Waals surface area contributed by atoms with Crippen molar-refractivity contribution in [3.8, 4) is 0 Å². The maximum Gasteiger partial charge on any atom is 0.414 e. The maximum atomic E-state index is 12.0. The number of guanidine groups is 1. The van der Waals surface area contributed by atoms with E-state index in [0.717, 1.165) is 0 Å². The number of nitrogens with one attached hydrogen (secondary N) is 2. The molecule has 9 nitrogen and oxygen atoms in total. The van der Waals surface area contributed by atoms with Gasteiger partial charge in [0.1, 0.15) is 5.60 Å². The van der Waals surface area contributed by atoms with Gasteiger partial charge in [0.25, 0.3) is 0 Å². The number of alkyl carbamates (subject to hydrolysis) is 2. The third kappa shape index (κ3) is 8.70. The Morgan fingerprint density at radius 1 is 1.00 bits per heavy atom. The summed E-state index contributed by atoms with van der Waals surface area (Å²) in [5.74, 6) is -0.669. The Bertz CT molecular complexity index is 705. The van der Waals surface area contributed by atoms with E-state index in [4.69, 9.17) is 9.47 Å². The number of aliphatic imine (C=N–C) groups is 1. The minimum absolute atomic E-state index is 0.180. The number of esters is 1. The monoisotopic (exact) mass is 379 g/mol. The van der Waals surface area contributed by atoms with Gasteiger partial charge in [0.2, 0.25) is 5.96 Å². The molecule has 1 aromatic carbocycles. The number of carbonyl (C=O) groups excluding carboxylic acids is 3. The minimum atomic E-state index is -0.794. The number of nitrogens with zero attached hydrogens (tertiary/aromatic N) is 1. The van der Waals surface area contributed by atoms with Crippen LogP contribution in [0.5, 0.6) is 0 Å². The third-order valence-corrected chi connectivity index (χ3v) is 2.71. The fourth-order valence-corrected chi connectivity index (χ4v) is 1.75. The normalized spacial score (nSPS) is 11.6. The van der Waals surface area contributed by atoms with Crippen LogP contribution >= 0.6 is 0 Å². The summed E-state index contributed by atoms with van der Waals surface area (Å²) in [5, 5.41) is 4.71. The molecule has 0 radical (unpaired) electrons. The second-order valence-corrected chi connectivity index (χ2v) is 6.70. The summed E-state index contributed by atoms with van der Waals surface area (Å²) in [7, 11) is 1.28. The fraction of sp³-hybridized carbons (Fsp3) is 0.444. The average Bonchev–Trinajstić information content (AvgIpc) is 2.51. The molecule has 0 saturated carbocycles. The highest BCUT2D eigenvalue weighted by Crippen LogP contribution is 2.14. The van der Waals surface area contributed by atoms with Gasteiger partial charge in [0, 0.05) is 0 Å². The van der Waals surface area contributed by atoms with Gasteiger partial charge in [0.15, 0.2) is 0 Å². The molecular formula is C18H25N3O6. The standard InChI is InChI=1S/C18H25N3O6/c1-11(2)26-16(23)20-15(21-17(24)27-18(3,4)5)19-13-9-7-12(8-10-13)14(22)25-6/h7-11H,1-6H3,(H2,19,20,21,23,24). The molecule has 9 heteroatoms. The Labute approximate surface area is 158 Å². The average molecular weight is 379 g/mol. The van der Waals surface area contributed by atoms with Crippen LogP contribution in [0.25, 0.3) is 0 Å². The lowest BCUT2D eigenvalue weighted by atomic mass is 10.2. The van der Waals surface area contributed by atoms with Gasteiger partial charge in [-0.15, -0.1) is 0 Å². The Morgan fingerprint density at radius 2 is 1.56 bits per heavy atom. The van der Waals surface area contributed by atoms with Crippen molar-refractivity contribution >= 4 is 29.8 Å². The summed E-state index contributed by atoms with van der Waals surface area (Å²) < 4.78 is 14.8. The number of hydrogen-bond donors (Lipinski definition) is 2. The first-order chi connectivity index (χ1) is 12.5. The number of benzene rings is 1. The molecule has 0 aromatic heterocycles. The van der Waals surface area contributed by atoms with E-state index in [-0.39, 0.29) is 12.1 Å². The molecular weight excluding hydrogens is 354 g/mol. The summed E-state index contributed by atoms with van der Waals surface area (Å²) in [6, 6.07) is 6.06. The van der Waals surface area contributed by atoms with Gasteiger partial charge in [-0.2, -0.15) is 0 Å². The number of hydrogen-bond acceptors (Lipinski definition) is 7. The molecule has 0 aliphatic carbocycles. The summed E-state index contributed by atoms with van der Waals surface area (Å²) in [5.41, 5.74) is -0.0145. The van der Waals surface area contributed by atoms with Crippen molar-refractivity contribution in [3.05, 3.63) is 29.8 Å². The predicted octanol–water partition coefficient (Wildman–Crippen LogP) is 3.12. The van der Waals surface area contributed by atoms with E-state index >= 15 is 0 Å². The highest BCUT2D eigenvalue weighted by Gasteiger charge is 2.19. The second-order valence-electron chi connectivity index (χ2n) is 6.70. The number of ether oxygens (including phenoxy) is 3. The molecule has 0 saturated heterocycles. The second kappa shape index (κ2) is 9.56. The van der Waals surface area contributed by atoms with Crippen LogP contribution < -0.4 is 10.6 Å². The molecule has 2 N–H and O–H groups in total. The first-order valence-electron chi connectivity index (χ1n) is 8.25. The summed E-state index contributed by atoms with van der Waals surface area (Å²) in [4.78, 5) is 39.4. The van der Waals surface area contributed by atoms with Gasteiger partial charge in [-0.1, -0.05) is 0 Å². The molecule has 27 heavy (non-hydrogen) atoms. The van der Waals surface area contributed by atoms with Crippen LogP contribution in [0.4, 0.5) is 15.3 Å². The van der Waals surface area contributed by atoms with Crippen LogP contribution in [0.2, 0.25) is 0 Å². The lowest BCUT2D eigenvalue weighted by Crippen LogP contribution is -2.46. The Morgan fingerprint density at radius 3 is 2.04 bits per heavy atom. The Hall–Kier alpha value is -3.10. The van der Waals surface area contributed by atoms with Crippen molar-refractivity contribution in [3.63, 3.8) is 0 Å². The van der Waals surface area contributed by atoms with E-state index < -0.39 is 23.8 Å². The first-order valence-corrected chi connectivity index (χ1v) is 8.25. The van der Waals surface area contributed by atoms with Crippen LogP contribution in [-0.4, -0.2) is 42.9 Å². The molecule has 0 bridgehead atoms. The van der Waals surface area contributed by atoms with E-state index in [1.807, 2.05) is 0 Å². The SMILES string of the molecule is COC(=O)c1ccc(N=C(NC(=O)OC(C)C)NC(=O)OC(C)(C)C)cc1. The lowest BCUT2D eigenvalue weighted by Gasteiger charge is -2.20. The molecule has 1 rings (SSSR count). The van der Waals surface area contributed by atoms with Crippen molar-refractivity contribution in [2.45, 2.75) is 46.3 Å². The zero-order valence-corrected chi connectivity index (χ0v) is 16.3. The Kier molecular flexibility index (Phi) is 7.77. The third-order valence-electron chi connectivity index (χ3n) is 2.71. The van der Waals surface area contributed by atoms with E-state index in [9.17, 15) is 14.4 Å². The molecule has 0 aliphatic rings. The van der Waals surface area contributed by atoms with Crippen molar-refractivity contribution in [1.82, 2.24) is 10.6 Å². The molecule has 0 aliphatic heterocycles. The predicted molar refractivity (Wildman–Crippen MR) is 99.0 cm³/mol. The summed E-state index contributed by atoms with van der Waals surface area (Å²) in [6.07, 6.45) is -1.93. The molecule has 0 unspecified atom stereocenters. The van der Waals surface area contributed by atoms with E-state index in [1.165, 1.54) is 31.4 Å². The van der Waals surface area contributed by atoms with Gasteiger partial charge in [-0.3, -0.25) is 10.6 Å². The van der Waals surface area contributed by atoms with Crippen LogP contribution in [0, 0.1) is 0 Å². The largest absolute Gasteiger partial charge is 0.465 e. The molecule has 0 heterocycles. The van der Waals surface area contributed by atoms with Crippen molar-refractivity contribution in [2.24, 2.45) is 4.99 Å². The van der Waals surface area contributed by atoms with Crippen molar-refractivity contribution in [1.29, 1.82) is 0 Å². The molecule has 0 spiro atoms. The van der Waals surface area contributed by atoms with E-state index in [0.29, 0.717) is 11.3 Å². The van der Waals surface area contributed by atoms with Gasteiger partial charge in [0.05, 0.1) is 24.5 Å². The maximum absolute atomic E-state index is 12.0. The topological polar surface area (TPSA) is 115 Å². The Balaban J connectivity index is 3.00. The zero-order chi connectivity index (χ0) is 20.6. The van der Waals surface area contributed by atoms with Gasteiger partial charge >= 0.3 is 18.2 Å². The number of rotatable bonds is 3. The van der Waals surface area contributed by atoms with Crippen LogP contribution in [0.3, 0.4) is 0 Å². The highest BCUT2D eigenvalue weighted by atomic mass is 16.6. The molecule has 1 aromatic rings. The molecule has 2 amide bonds. The van der Waals surface area contributed by atoms with Crippen molar-refractivity contribution < 1.29 is 28.6 Å². The highest BCUT2D eigenvalue weighted by molar-refractivity contribution is 6.02. The molecule has 148 valence electrons. The summed E-state index contributed by atoms with van der Waals surface area (Å²) >= 11 is 0. The number of carbonyl (C=O) groups is 3. The van der Waals surface area contributed by atoms with E-state index in [2.05, 4.69) is 20.4 Å². The van der Waals surface area contributed by atoms with E-state index in [1.54, 1.807) is 34.6 Å². The smallest absolute Gasteiger partial charge is 0.414 e. The number of methoxy groups -OCH3 is 1. The molecule has 0 fully saturated rings. The van der Waals surface area contributed by atoms with Crippen LogP contribution in [0.15, 0.2) is 29.3 Å².